The van der Waals surface area contributed by atoms with Crippen molar-refractivity contribution in [2.45, 2.75) is 320 Å². The summed E-state index contributed by atoms with van der Waals surface area (Å²) < 4.78 is 17.7. The van der Waals surface area contributed by atoms with Crippen LogP contribution in [0.3, 0.4) is 0 Å². The average molecular weight is 1160 g/mol. The van der Waals surface area contributed by atoms with Crippen molar-refractivity contribution < 1.29 is 49.3 Å². The Kier molecular flexibility index (Phi) is 54.7. The Balaban J connectivity index is 2.66. The lowest BCUT2D eigenvalue weighted by Gasteiger charge is -2.41. The molecule has 1 aliphatic rings. The van der Waals surface area contributed by atoms with Crippen LogP contribution in [-0.4, -0.2) is 99.6 Å². The van der Waals surface area contributed by atoms with E-state index in [4.69, 9.17) is 14.2 Å². The van der Waals surface area contributed by atoms with E-state index in [0.717, 1.165) is 116 Å². The zero-order valence-corrected chi connectivity index (χ0v) is 52.8. The highest BCUT2D eigenvalue weighted by Crippen LogP contribution is 2.26. The Morgan fingerprint density at radius 2 is 0.867 bits per heavy atom. The molecule has 6 N–H and O–H groups in total. The van der Waals surface area contributed by atoms with E-state index in [9.17, 15) is 35.1 Å². The molecule has 1 saturated heterocycles. The minimum atomic E-state index is -1.63. The molecule has 0 aromatic heterocycles. The number of aliphatic hydroxyl groups is 5. The number of amides is 1. The van der Waals surface area contributed by atoms with Gasteiger partial charge >= 0.3 is 5.97 Å². The van der Waals surface area contributed by atoms with Gasteiger partial charge < -0.3 is 45.1 Å². The highest BCUT2D eigenvalue weighted by Gasteiger charge is 2.47. The van der Waals surface area contributed by atoms with Crippen LogP contribution >= 0.6 is 0 Å². The highest BCUT2D eigenvalue weighted by atomic mass is 16.7. The summed E-state index contributed by atoms with van der Waals surface area (Å²) in [7, 11) is 0. The third-order valence-electron chi connectivity index (χ3n) is 15.2. The second-order valence-corrected chi connectivity index (χ2v) is 22.8. The molecule has 0 aromatic carbocycles. The first kappa shape index (κ1) is 77.3. The number of allylic oxidation sites excluding steroid dienone is 17. The maximum absolute atomic E-state index is 13.4. The molecule has 1 rings (SSSR count). The maximum atomic E-state index is 13.4. The van der Waals surface area contributed by atoms with E-state index in [-0.39, 0.29) is 19.4 Å². The summed E-state index contributed by atoms with van der Waals surface area (Å²) in [5.41, 5.74) is 0. The van der Waals surface area contributed by atoms with Crippen molar-refractivity contribution in [1.29, 1.82) is 0 Å². The highest BCUT2D eigenvalue weighted by molar-refractivity contribution is 5.80. The molecule has 0 bridgehead atoms. The molecule has 0 aliphatic carbocycles. The molecule has 0 saturated carbocycles. The number of carbonyl (C=O) groups excluding carboxylic acids is 2. The van der Waals surface area contributed by atoms with Gasteiger partial charge in [0.1, 0.15) is 24.4 Å². The minimum Gasteiger partial charge on any atom is -0.454 e. The number of carbonyl (C=O) groups is 2. The van der Waals surface area contributed by atoms with Gasteiger partial charge in [-0.25, -0.2) is 0 Å². The predicted molar refractivity (Wildman–Crippen MR) is 347 cm³/mol. The Labute approximate surface area is 507 Å². The van der Waals surface area contributed by atoms with Crippen LogP contribution in [-0.2, 0) is 23.8 Å². The second kappa shape index (κ2) is 58.7. The van der Waals surface area contributed by atoms with Gasteiger partial charge in [-0.1, -0.05) is 265 Å². The number of hydrogen-bond donors (Lipinski definition) is 6. The molecule has 8 unspecified atom stereocenters. The largest absolute Gasteiger partial charge is 0.454 e. The third-order valence-corrected chi connectivity index (χ3v) is 15.2. The molecule has 8 atom stereocenters. The second-order valence-electron chi connectivity index (χ2n) is 22.8. The van der Waals surface area contributed by atoms with Crippen LogP contribution in [0, 0.1) is 0 Å². The molecular weight excluding hydrogens is 1040 g/mol. The normalized spacial score (nSPS) is 19.3. The van der Waals surface area contributed by atoms with Gasteiger partial charge in [0.15, 0.2) is 12.4 Å². The number of ether oxygens (including phenoxy) is 3. The average Bonchev–Trinajstić information content (AvgIpc) is 3.54. The summed E-state index contributed by atoms with van der Waals surface area (Å²) in [6.07, 6.45) is 69.7. The minimum absolute atomic E-state index is 0.109. The van der Waals surface area contributed by atoms with Gasteiger partial charge in [-0.3, -0.25) is 9.59 Å². The monoisotopic (exact) mass is 1160 g/mol. The molecule has 1 fully saturated rings. The molecule has 0 spiro atoms. The Hall–Kier alpha value is -3.68. The number of aliphatic hydroxyl groups excluding tert-OH is 5. The summed E-state index contributed by atoms with van der Waals surface area (Å²) in [6, 6.07) is -1.05. The van der Waals surface area contributed by atoms with Crippen LogP contribution in [0.4, 0.5) is 0 Å². The standard InChI is InChI=1S/C72H123NO10/c1-4-7-10-13-16-19-22-25-27-29-31-32-33-34-35-37-39-42-45-48-51-54-57-60-67(77)83-70-69(79)68(78)66(61-74)82-72(70)81-62-63(64(75)58-55-52-49-46-43-40-24-21-18-15-12-9-6-3)73-71(80)65(76)59-56-53-50-47-44-41-38-36-30-28-26-23-20-17-14-11-8-5-2/h8,11,16-17,19-20,25-28,31-32,36,38,44,47,55,58,63-66,68-70,72,74-76,78-79H,4-7,9-10,12-15,18,21-24,29-30,33-35,37,39-43,45-46,48-54,56-57,59-62H2,1-3H3,(H,73,80)/b11-8-,19-16-,20-17-,27-25-,28-26-,32-31-,38-36-,47-44-,58-55+. The Morgan fingerprint density at radius 1 is 0.482 bits per heavy atom. The van der Waals surface area contributed by atoms with Crippen LogP contribution in [0.25, 0.3) is 0 Å². The number of unbranched alkanes of at least 4 members (excludes halogenated alkanes) is 26. The summed E-state index contributed by atoms with van der Waals surface area (Å²) in [5, 5.41) is 57.1. The van der Waals surface area contributed by atoms with E-state index >= 15 is 0 Å². The van der Waals surface area contributed by atoms with E-state index in [1.54, 1.807) is 6.08 Å². The first-order valence-corrected chi connectivity index (χ1v) is 33.7. The molecule has 11 nitrogen and oxygen atoms in total. The van der Waals surface area contributed by atoms with Gasteiger partial charge in [-0.05, 0) is 109 Å². The van der Waals surface area contributed by atoms with Crippen molar-refractivity contribution in [2.75, 3.05) is 13.2 Å². The van der Waals surface area contributed by atoms with Crippen molar-refractivity contribution >= 4 is 11.9 Å². The topological polar surface area (TPSA) is 175 Å². The molecule has 0 aromatic rings. The van der Waals surface area contributed by atoms with E-state index in [0.29, 0.717) is 12.8 Å². The van der Waals surface area contributed by atoms with Gasteiger partial charge in [0.25, 0.3) is 0 Å². The van der Waals surface area contributed by atoms with E-state index in [1.807, 2.05) is 6.08 Å². The van der Waals surface area contributed by atoms with Crippen LogP contribution in [0.5, 0.6) is 0 Å². The van der Waals surface area contributed by atoms with Gasteiger partial charge in [0.2, 0.25) is 5.91 Å². The van der Waals surface area contributed by atoms with Crippen molar-refractivity contribution in [3.63, 3.8) is 0 Å². The number of nitrogens with one attached hydrogen (secondary N) is 1. The van der Waals surface area contributed by atoms with Crippen molar-refractivity contribution in [2.24, 2.45) is 0 Å². The van der Waals surface area contributed by atoms with Crippen molar-refractivity contribution in [3.8, 4) is 0 Å². The number of rotatable bonds is 56. The Bertz CT molecular complexity index is 1770. The summed E-state index contributed by atoms with van der Waals surface area (Å²) >= 11 is 0. The lowest BCUT2D eigenvalue weighted by molar-refractivity contribution is -0.305. The van der Waals surface area contributed by atoms with Crippen molar-refractivity contribution in [1.82, 2.24) is 5.32 Å². The van der Waals surface area contributed by atoms with Crippen molar-refractivity contribution in [3.05, 3.63) is 109 Å². The third kappa shape index (κ3) is 46.2. The maximum Gasteiger partial charge on any atom is 0.306 e. The molecule has 11 heteroatoms. The SMILES string of the molecule is CC/C=C\C/C=C\C/C=C\C/C=C\C/C=C\CCCCC(O)C(=O)NC(COC1OC(CO)C(O)C(O)C1OC(=O)CCCCCCCCCCCC/C=C\C/C=C\C/C=C\CCCCC)C(O)/C=C/CCCCCCCCCCCCC. The molecule has 1 aliphatic heterocycles. The summed E-state index contributed by atoms with van der Waals surface area (Å²) in [5.74, 6) is -1.24. The zero-order chi connectivity index (χ0) is 60.3. The fraction of sp³-hybridized carbons (Fsp3) is 0.722. The predicted octanol–water partition coefficient (Wildman–Crippen LogP) is 16.8. The van der Waals surface area contributed by atoms with Gasteiger partial charge in [0, 0.05) is 6.42 Å². The van der Waals surface area contributed by atoms with Gasteiger partial charge in [-0.2, -0.15) is 0 Å². The number of esters is 1. The summed E-state index contributed by atoms with van der Waals surface area (Å²) in [6.45, 7) is 5.64. The van der Waals surface area contributed by atoms with Crippen LogP contribution in [0.2, 0.25) is 0 Å². The Morgan fingerprint density at radius 3 is 1.33 bits per heavy atom. The lowest BCUT2D eigenvalue weighted by atomic mass is 9.99. The zero-order valence-electron chi connectivity index (χ0n) is 52.8. The summed E-state index contributed by atoms with van der Waals surface area (Å²) in [4.78, 5) is 26.6. The van der Waals surface area contributed by atoms with E-state index < -0.39 is 67.4 Å². The molecular formula is C72H123NO10. The van der Waals surface area contributed by atoms with Crippen LogP contribution in [0.1, 0.15) is 271 Å². The fourth-order valence-corrected chi connectivity index (χ4v) is 9.86. The van der Waals surface area contributed by atoms with E-state index in [2.05, 4.69) is 123 Å². The quantitative estimate of drug-likeness (QED) is 0.0195. The number of hydrogen-bond acceptors (Lipinski definition) is 10. The first-order valence-electron chi connectivity index (χ1n) is 33.7. The van der Waals surface area contributed by atoms with Crippen LogP contribution < -0.4 is 5.32 Å². The van der Waals surface area contributed by atoms with Gasteiger partial charge in [0.05, 0.1) is 25.4 Å². The molecule has 83 heavy (non-hydrogen) atoms. The van der Waals surface area contributed by atoms with E-state index in [1.165, 1.54) is 109 Å². The van der Waals surface area contributed by atoms with Crippen LogP contribution in [0.15, 0.2) is 109 Å². The fourth-order valence-electron chi connectivity index (χ4n) is 9.86. The molecule has 1 amide bonds. The molecule has 476 valence electrons. The smallest absolute Gasteiger partial charge is 0.306 e. The molecule has 0 radical (unpaired) electrons. The lowest BCUT2D eigenvalue weighted by Crippen LogP contribution is -2.61. The molecule has 1 heterocycles. The first-order chi connectivity index (χ1) is 40.7. The van der Waals surface area contributed by atoms with Gasteiger partial charge in [-0.15, -0.1) is 0 Å².